The summed E-state index contributed by atoms with van der Waals surface area (Å²) in [5.41, 5.74) is 0. The molecule has 23 heavy (non-hydrogen) atoms. The van der Waals surface area contributed by atoms with E-state index in [1.54, 1.807) is 7.05 Å². The van der Waals surface area contributed by atoms with Crippen molar-refractivity contribution >= 4 is 34.1 Å². The van der Waals surface area contributed by atoms with Crippen LogP contribution in [0.1, 0.15) is 42.4 Å². The summed E-state index contributed by atoms with van der Waals surface area (Å²) in [5, 5.41) is 10.3. The highest BCUT2D eigenvalue weighted by molar-refractivity contribution is 7.17. The molecule has 0 aromatic carbocycles. The van der Waals surface area contributed by atoms with Gasteiger partial charge in [0, 0.05) is 21.0 Å². The molecule has 2 rings (SSSR count). The van der Waals surface area contributed by atoms with Crippen molar-refractivity contribution in [1.29, 1.82) is 0 Å². The first-order valence-electron chi connectivity index (χ1n) is 7.53. The molecule has 0 saturated heterocycles. The molecule has 0 aliphatic heterocycles. The number of carbonyl (C=O) groups is 3. The number of hydrogen-bond donors (Lipinski definition) is 1. The van der Waals surface area contributed by atoms with Crippen LogP contribution >= 0.6 is 11.3 Å². The first kappa shape index (κ1) is 17.4. The molecule has 1 aliphatic rings. The van der Waals surface area contributed by atoms with E-state index in [4.69, 9.17) is 0 Å². The third-order valence-corrected chi connectivity index (χ3v) is 5.38. The zero-order valence-corrected chi connectivity index (χ0v) is 14.3. The zero-order chi connectivity index (χ0) is 17.1. The number of aromatic nitrogens is 1. The van der Waals surface area contributed by atoms with Crippen LogP contribution in [0.25, 0.3) is 0 Å². The Morgan fingerprint density at radius 1 is 1.30 bits per heavy atom. The maximum atomic E-state index is 12.6. The number of carboxylic acid groups (broad SMARTS) is 1. The highest BCUT2D eigenvalue weighted by Crippen LogP contribution is 2.31. The normalized spacial score (nSPS) is 16.1. The molecule has 2 amide bonds. The molecule has 0 radical (unpaired) electrons. The molecule has 0 bridgehead atoms. The van der Waals surface area contributed by atoms with E-state index in [1.807, 2.05) is 0 Å². The predicted octanol–water partition coefficient (Wildman–Crippen LogP) is 1.84. The number of carbonyl (C=O) groups excluding carboxylic acids is 2. The lowest BCUT2D eigenvalue weighted by atomic mass is 9.97. The lowest BCUT2D eigenvalue weighted by molar-refractivity contribution is -0.143. The van der Waals surface area contributed by atoms with E-state index >= 15 is 0 Å². The van der Waals surface area contributed by atoms with Crippen molar-refractivity contribution in [3.05, 3.63) is 11.2 Å². The lowest BCUT2D eigenvalue weighted by Crippen LogP contribution is -2.46. The Morgan fingerprint density at radius 2 is 1.91 bits per heavy atom. The molecule has 1 atom stereocenters. The van der Waals surface area contributed by atoms with E-state index in [2.05, 4.69) is 4.98 Å². The topological polar surface area (TPSA) is 90.8 Å². The fourth-order valence-corrected chi connectivity index (χ4v) is 3.81. The van der Waals surface area contributed by atoms with Gasteiger partial charge in [0.2, 0.25) is 5.91 Å². The van der Waals surface area contributed by atoms with Crippen molar-refractivity contribution in [2.75, 3.05) is 19.0 Å². The largest absolute Gasteiger partial charge is 0.480 e. The van der Waals surface area contributed by atoms with Crippen LogP contribution in [0.2, 0.25) is 0 Å². The quantitative estimate of drug-likeness (QED) is 0.884. The van der Waals surface area contributed by atoms with Gasteiger partial charge in [0.15, 0.2) is 5.01 Å². The van der Waals surface area contributed by atoms with E-state index in [0.717, 1.165) is 37.0 Å². The van der Waals surface area contributed by atoms with Crippen molar-refractivity contribution < 1.29 is 19.5 Å². The number of hydrogen-bond acceptors (Lipinski definition) is 5. The fourth-order valence-electron chi connectivity index (χ4n) is 2.91. The Hall–Kier alpha value is -1.96. The third kappa shape index (κ3) is 3.69. The van der Waals surface area contributed by atoms with Gasteiger partial charge < -0.3 is 14.9 Å². The molecular formula is C15H21N3O4S. The molecule has 1 aliphatic carbocycles. The summed E-state index contributed by atoms with van der Waals surface area (Å²) in [7, 11) is 3.11. The molecule has 0 unspecified atom stereocenters. The van der Waals surface area contributed by atoms with Crippen LogP contribution in [-0.2, 0) is 9.59 Å². The van der Waals surface area contributed by atoms with Crippen LogP contribution in [0, 0.1) is 5.92 Å². The van der Waals surface area contributed by atoms with E-state index in [9.17, 15) is 19.5 Å². The van der Waals surface area contributed by atoms with E-state index in [0.29, 0.717) is 5.00 Å². The summed E-state index contributed by atoms with van der Waals surface area (Å²) in [6.45, 7) is 1.42. The van der Waals surface area contributed by atoms with Crippen LogP contribution < -0.4 is 4.90 Å². The molecule has 1 N–H and O–H groups in total. The number of nitrogens with zero attached hydrogens (tertiary/aromatic N) is 3. The minimum Gasteiger partial charge on any atom is -0.480 e. The molecule has 1 heterocycles. The predicted molar refractivity (Wildman–Crippen MR) is 86.7 cm³/mol. The molecule has 1 aromatic rings. The van der Waals surface area contributed by atoms with Gasteiger partial charge >= 0.3 is 5.97 Å². The Bertz CT molecular complexity index is 610. The Balaban J connectivity index is 2.17. The van der Waals surface area contributed by atoms with Crippen LogP contribution in [0.4, 0.5) is 5.00 Å². The third-order valence-electron chi connectivity index (χ3n) is 4.32. The number of amides is 2. The first-order valence-corrected chi connectivity index (χ1v) is 8.34. The van der Waals surface area contributed by atoms with E-state index < -0.39 is 17.9 Å². The molecule has 0 spiro atoms. The van der Waals surface area contributed by atoms with Gasteiger partial charge in [0.25, 0.3) is 5.91 Å². The summed E-state index contributed by atoms with van der Waals surface area (Å²) < 4.78 is 0. The Kier molecular flexibility index (Phi) is 5.35. The molecule has 7 nitrogen and oxygen atoms in total. The average molecular weight is 339 g/mol. The fraction of sp³-hybridized carbons (Fsp3) is 0.600. The van der Waals surface area contributed by atoms with Gasteiger partial charge in [-0.2, -0.15) is 0 Å². The summed E-state index contributed by atoms with van der Waals surface area (Å²) in [6, 6.07) is -0.831. The number of carboxylic acids is 1. The summed E-state index contributed by atoms with van der Waals surface area (Å²) in [5.74, 6) is -1.57. The molecular weight excluding hydrogens is 318 g/mol. The standard InChI is InChI=1S/C15H21N3O4S/c1-9(19)17(2)11-8-16-13(23-11)14(20)18(3)12(15(21)22)10-6-4-5-7-10/h8,10,12H,4-7H2,1-3H3,(H,21,22)/t12-/m0/s1. The monoisotopic (exact) mass is 339 g/mol. The zero-order valence-electron chi connectivity index (χ0n) is 13.5. The van der Waals surface area contributed by atoms with Gasteiger partial charge in [-0.15, -0.1) is 0 Å². The maximum Gasteiger partial charge on any atom is 0.326 e. The second-order valence-corrected chi connectivity index (χ2v) is 6.83. The van der Waals surface area contributed by atoms with Crippen molar-refractivity contribution in [2.24, 2.45) is 5.92 Å². The van der Waals surface area contributed by atoms with Crippen LogP contribution in [0.3, 0.4) is 0 Å². The summed E-state index contributed by atoms with van der Waals surface area (Å²) in [6.07, 6.45) is 5.11. The molecule has 1 aromatic heterocycles. The number of rotatable bonds is 5. The second kappa shape index (κ2) is 7.08. The smallest absolute Gasteiger partial charge is 0.326 e. The maximum absolute atomic E-state index is 12.6. The number of thiazole rings is 1. The van der Waals surface area contributed by atoms with Crippen molar-refractivity contribution in [3.8, 4) is 0 Å². The number of aliphatic carboxylic acids is 1. The number of likely N-dealkylation sites (N-methyl/N-ethyl adjacent to an activating group) is 1. The van der Waals surface area contributed by atoms with Gasteiger partial charge in [-0.1, -0.05) is 24.2 Å². The minimum atomic E-state index is -0.981. The Labute approximate surface area is 138 Å². The Morgan fingerprint density at radius 3 is 2.43 bits per heavy atom. The van der Waals surface area contributed by atoms with E-state index in [1.165, 1.54) is 30.0 Å². The van der Waals surface area contributed by atoms with Crippen molar-refractivity contribution in [3.63, 3.8) is 0 Å². The molecule has 8 heteroatoms. The van der Waals surface area contributed by atoms with Crippen LogP contribution in [0.15, 0.2) is 6.20 Å². The van der Waals surface area contributed by atoms with Gasteiger partial charge in [-0.3, -0.25) is 9.59 Å². The highest BCUT2D eigenvalue weighted by Gasteiger charge is 2.37. The number of anilines is 1. The van der Waals surface area contributed by atoms with E-state index in [-0.39, 0.29) is 16.8 Å². The van der Waals surface area contributed by atoms with Gasteiger partial charge in [0.05, 0.1) is 6.20 Å². The van der Waals surface area contributed by atoms with Crippen LogP contribution in [-0.4, -0.2) is 52.9 Å². The second-order valence-electron chi connectivity index (χ2n) is 5.83. The minimum absolute atomic E-state index is 0.0132. The molecule has 1 fully saturated rings. The van der Waals surface area contributed by atoms with Crippen molar-refractivity contribution in [1.82, 2.24) is 9.88 Å². The molecule has 1 saturated carbocycles. The van der Waals surface area contributed by atoms with Crippen molar-refractivity contribution in [2.45, 2.75) is 38.6 Å². The van der Waals surface area contributed by atoms with Gasteiger partial charge in [-0.05, 0) is 18.8 Å². The first-order chi connectivity index (χ1) is 10.8. The van der Waals surface area contributed by atoms with Gasteiger partial charge in [-0.25, -0.2) is 9.78 Å². The summed E-state index contributed by atoms with van der Waals surface area (Å²) >= 11 is 1.09. The SMILES string of the molecule is CC(=O)N(C)c1cnc(C(=O)N(C)[C@H](C(=O)O)C2CCCC2)s1. The van der Waals surface area contributed by atoms with Gasteiger partial charge in [0.1, 0.15) is 11.0 Å². The molecule has 126 valence electrons. The van der Waals surface area contributed by atoms with Crippen LogP contribution in [0.5, 0.6) is 0 Å². The highest BCUT2D eigenvalue weighted by atomic mass is 32.1. The lowest BCUT2D eigenvalue weighted by Gasteiger charge is -2.28. The summed E-state index contributed by atoms with van der Waals surface area (Å²) in [4.78, 5) is 42.2. The average Bonchev–Trinajstić information content (AvgIpc) is 3.16.